The van der Waals surface area contributed by atoms with Crippen LogP contribution in [0.3, 0.4) is 0 Å². The third kappa shape index (κ3) is 12.2. The number of carbonyl (C=O) groups excluding carboxylic acids is 1. The summed E-state index contributed by atoms with van der Waals surface area (Å²) < 4.78 is 24.6. The van der Waals surface area contributed by atoms with Crippen molar-refractivity contribution in [2.45, 2.75) is 90.3 Å². The van der Waals surface area contributed by atoms with E-state index in [0.29, 0.717) is 81.8 Å². The molecule has 5 N–H and O–H groups in total. The van der Waals surface area contributed by atoms with Gasteiger partial charge in [-0.1, -0.05) is 50.7 Å². The molecule has 10 rings (SSSR count). The number of anilines is 8. The summed E-state index contributed by atoms with van der Waals surface area (Å²) in [5, 5.41) is 41.2. The van der Waals surface area contributed by atoms with Gasteiger partial charge >= 0.3 is 11.9 Å². The van der Waals surface area contributed by atoms with Gasteiger partial charge in [0.1, 0.15) is 23.8 Å². The average Bonchev–Trinajstić information content (AvgIpc) is 4.28. The number of ether oxygens (including phenoxy) is 3. The first kappa shape index (κ1) is 50.6. The highest BCUT2D eigenvalue weighted by molar-refractivity contribution is 5.96. The quantitative estimate of drug-likeness (QED) is 0.0313. The summed E-state index contributed by atoms with van der Waals surface area (Å²) >= 11 is 0. The van der Waals surface area contributed by atoms with Gasteiger partial charge in [-0.05, 0) is 61.8 Å². The Bertz CT molecular complexity index is 3280. The Balaban J connectivity index is 0.804. The van der Waals surface area contributed by atoms with Crippen LogP contribution in [0.4, 0.5) is 46.3 Å². The molecule has 0 radical (unpaired) electrons. The number of hydrogen-bond acceptors (Lipinski definition) is 19. The molecule has 24 heteroatoms. The summed E-state index contributed by atoms with van der Waals surface area (Å²) in [4.78, 5) is 53.3. The number of nitrogens with zero attached hydrogens (tertiary/aromatic N) is 14. The molecule has 0 spiro atoms. The van der Waals surface area contributed by atoms with Crippen molar-refractivity contribution in [3.63, 3.8) is 0 Å². The van der Waals surface area contributed by atoms with Gasteiger partial charge in [-0.15, -0.1) is 0 Å². The van der Waals surface area contributed by atoms with Crippen molar-refractivity contribution < 1.29 is 28.9 Å². The lowest BCUT2D eigenvalue weighted by Crippen LogP contribution is -2.14. The van der Waals surface area contributed by atoms with Gasteiger partial charge in [0, 0.05) is 57.9 Å². The normalized spacial score (nSPS) is 14.0. The summed E-state index contributed by atoms with van der Waals surface area (Å²) in [7, 11) is 4.83. The van der Waals surface area contributed by atoms with E-state index in [-0.39, 0.29) is 41.3 Å². The Morgan fingerprint density at radius 2 is 1.16 bits per heavy atom. The van der Waals surface area contributed by atoms with E-state index in [2.05, 4.69) is 61.5 Å². The number of hydrogen-bond donors (Lipinski definition) is 5. The van der Waals surface area contributed by atoms with Gasteiger partial charge in [0.05, 0.1) is 67.1 Å². The van der Waals surface area contributed by atoms with Crippen LogP contribution < -0.4 is 30.7 Å². The van der Waals surface area contributed by atoms with Gasteiger partial charge in [0.25, 0.3) is 0 Å². The van der Waals surface area contributed by atoms with E-state index in [1.54, 1.807) is 72.8 Å². The fraction of sp³-hybridized carbons (Fsp3) is 0.385. The zero-order chi connectivity index (χ0) is 52.4. The standard InChI is InChI=1S/C52H60N18O6/c1-67-31-55-45(65-67)37-17-10-20-42(43(37)74-2)62-48-40(26-54-52(64-48)60-36-24-58-70(30-36)28-34-15-8-5-9-16-34)50(73)76-22-12-21-68-32-56-46(66-68)38-18-11-19-41(44(38)75-3)61-47-39(49(71)72)25-53-51(63-47)59-35-23-57-69(29-35)27-33-13-6-4-7-14-33/h10-11,17-20,23-26,29-34H,4-9,12-16,21-22,27-28H2,1-3H3,(H,71,72)(H2,53,59,61,63)(H2,54,60,62,64). The number of aryl methyl sites for hydroxylation is 2. The van der Waals surface area contributed by atoms with Crippen LogP contribution in [-0.4, -0.2) is 107 Å². The van der Waals surface area contributed by atoms with Crippen molar-refractivity contribution in [1.82, 2.24) is 69.0 Å². The maximum absolute atomic E-state index is 13.9. The lowest BCUT2D eigenvalue weighted by Gasteiger charge is -2.21. The predicted octanol–water partition coefficient (Wildman–Crippen LogP) is 8.81. The second-order valence-corrected chi connectivity index (χ2v) is 19.0. The lowest BCUT2D eigenvalue weighted by atomic mass is 9.89. The van der Waals surface area contributed by atoms with Gasteiger partial charge in [0.2, 0.25) is 11.9 Å². The first-order valence-corrected chi connectivity index (χ1v) is 25.5. The largest absolute Gasteiger partial charge is 0.494 e. The van der Waals surface area contributed by atoms with Gasteiger partial charge in [0.15, 0.2) is 34.8 Å². The van der Waals surface area contributed by atoms with Crippen molar-refractivity contribution in [3.05, 3.63) is 97.4 Å². The zero-order valence-corrected chi connectivity index (χ0v) is 42.6. The van der Waals surface area contributed by atoms with E-state index < -0.39 is 11.9 Å². The number of aromatic carboxylic acids is 1. The summed E-state index contributed by atoms with van der Waals surface area (Å²) in [6.45, 7) is 2.07. The predicted molar refractivity (Wildman–Crippen MR) is 282 cm³/mol. The number of aromatic nitrogens is 14. The minimum Gasteiger partial charge on any atom is -0.494 e. The number of carboxylic acids is 1. The summed E-state index contributed by atoms with van der Waals surface area (Å²) in [6, 6.07) is 10.8. The molecular formula is C52H60N18O6. The highest BCUT2D eigenvalue weighted by Gasteiger charge is 2.24. The molecule has 8 aromatic rings. The van der Waals surface area contributed by atoms with Crippen LogP contribution >= 0.6 is 0 Å². The average molecular weight is 1030 g/mol. The molecule has 6 heterocycles. The molecule has 2 aliphatic rings. The molecule has 0 bridgehead atoms. The fourth-order valence-corrected chi connectivity index (χ4v) is 9.74. The van der Waals surface area contributed by atoms with Gasteiger partial charge in [-0.2, -0.15) is 30.4 Å². The third-order valence-electron chi connectivity index (χ3n) is 13.5. The van der Waals surface area contributed by atoms with E-state index in [1.165, 1.54) is 83.7 Å². The fourth-order valence-electron chi connectivity index (χ4n) is 9.74. The monoisotopic (exact) mass is 1030 g/mol. The van der Waals surface area contributed by atoms with Crippen molar-refractivity contribution >= 4 is 58.2 Å². The van der Waals surface area contributed by atoms with Crippen molar-refractivity contribution in [3.8, 4) is 34.3 Å². The van der Waals surface area contributed by atoms with Gasteiger partial charge in [-0.3, -0.25) is 18.7 Å². The lowest BCUT2D eigenvalue weighted by molar-refractivity contribution is 0.0494. The van der Waals surface area contributed by atoms with Gasteiger partial charge in [-0.25, -0.2) is 29.5 Å². The van der Waals surface area contributed by atoms with Crippen LogP contribution in [0.5, 0.6) is 11.5 Å². The van der Waals surface area contributed by atoms with Crippen LogP contribution in [0.2, 0.25) is 0 Å². The topological polar surface area (TPSA) is 279 Å². The maximum atomic E-state index is 13.9. The molecule has 2 aromatic carbocycles. The molecule has 0 aliphatic heterocycles. The Labute approximate surface area is 437 Å². The van der Waals surface area contributed by atoms with Crippen LogP contribution in [0, 0.1) is 11.8 Å². The van der Waals surface area contributed by atoms with Crippen LogP contribution in [0.1, 0.15) is 91.3 Å². The Hall–Kier alpha value is -8.96. The number of benzene rings is 2. The first-order valence-electron chi connectivity index (χ1n) is 25.5. The van der Waals surface area contributed by atoms with Gasteiger partial charge < -0.3 is 40.6 Å². The molecule has 394 valence electrons. The number of esters is 1. The first-order chi connectivity index (χ1) is 37.2. The van der Waals surface area contributed by atoms with Crippen LogP contribution in [0.15, 0.2) is 86.2 Å². The molecule has 24 nitrogen and oxygen atoms in total. The summed E-state index contributed by atoms with van der Waals surface area (Å²) in [6.07, 6.45) is 25.9. The Morgan fingerprint density at radius 3 is 1.68 bits per heavy atom. The smallest absolute Gasteiger partial charge is 0.343 e. The van der Waals surface area contributed by atoms with Crippen molar-refractivity contribution in [2.24, 2.45) is 18.9 Å². The van der Waals surface area contributed by atoms with Crippen LogP contribution in [0.25, 0.3) is 22.8 Å². The second kappa shape index (κ2) is 23.5. The van der Waals surface area contributed by atoms with Crippen LogP contribution in [-0.2, 0) is 31.4 Å². The highest BCUT2D eigenvalue weighted by atomic mass is 16.5. The molecule has 6 aromatic heterocycles. The minimum atomic E-state index is -1.21. The highest BCUT2D eigenvalue weighted by Crippen LogP contribution is 2.39. The van der Waals surface area contributed by atoms with E-state index in [9.17, 15) is 14.7 Å². The second-order valence-electron chi connectivity index (χ2n) is 19.0. The molecule has 2 saturated carbocycles. The number of rotatable bonds is 22. The molecule has 0 atom stereocenters. The number of carbonyl (C=O) groups is 2. The zero-order valence-electron chi connectivity index (χ0n) is 42.6. The van der Waals surface area contributed by atoms with Crippen molar-refractivity contribution in [1.29, 1.82) is 0 Å². The van der Waals surface area contributed by atoms with E-state index in [1.807, 2.05) is 33.9 Å². The molecule has 0 unspecified atom stereocenters. The number of methoxy groups -OCH3 is 2. The van der Waals surface area contributed by atoms with E-state index in [0.717, 1.165) is 13.1 Å². The molecule has 76 heavy (non-hydrogen) atoms. The minimum absolute atomic E-state index is 0.0328. The number of nitrogens with one attached hydrogen (secondary N) is 4. The number of carboxylic acid groups (broad SMARTS) is 1. The summed E-state index contributed by atoms with van der Waals surface area (Å²) in [5.41, 5.74) is 3.45. The van der Waals surface area contributed by atoms with Crippen molar-refractivity contribution in [2.75, 3.05) is 42.1 Å². The molecule has 2 aliphatic carbocycles. The molecule has 0 saturated heterocycles. The molecule has 0 amide bonds. The Morgan fingerprint density at radius 1 is 0.632 bits per heavy atom. The molecule has 2 fully saturated rings. The van der Waals surface area contributed by atoms with E-state index in [4.69, 9.17) is 24.3 Å². The molecular weight excluding hydrogens is 973 g/mol. The SMILES string of the molecule is COc1c(Nc2nc(Nc3cnn(CC4CCCCC4)c3)ncc2C(=O)O)cccc1-c1ncn(CCCOC(=O)c2cnc(Nc3cnn(CC4CCCCC4)c3)nc2Nc2cccc(-c3ncn(C)n3)c2OC)n1. The maximum Gasteiger partial charge on any atom is 0.343 e. The van der Waals surface area contributed by atoms with E-state index >= 15 is 0 Å². The Kier molecular flexibility index (Phi) is 15.6. The summed E-state index contributed by atoms with van der Waals surface area (Å²) in [5.74, 6) is 1.60. The third-order valence-corrected chi connectivity index (χ3v) is 13.5. The number of para-hydroxylation sites is 2.